The highest BCUT2D eigenvalue weighted by atomic mass is 79.9. The van der Waals surface area contributed by atoms with Crippen molar-refractivity contribution in [1.82, 2.24) is 9.97 Å². The summed E-state index contributed by atoms with van der Waals surface area (Å²) < 4.78 is 0.899. The zero-order valence-electron chi connectivity index (χ0n) is 12.1. The van der Waals surface area contributed by atoms with Crippen molar-refractivity contribution in [3.63, 3.8) is 0 Å². The van der Waals surface area contributed by atoms with Gasteiger partial charge in [-0.05, 0) is 47.5 Å². The normalized spacial score (nSPS) is 10.5. The van der Waals surface area contributed by atoms with Gasteiger partial charge in [-0.25, -0.2) is 9.97 Å². The van der Waals surface area contributed by atoms with E-state index in [-0.39, 0.29) is 0 Å². The number of anilines is 3. The molecule has 0 bridgehead atoms. The van der Waals surface area contributed by atoms with Gasteiger partial charge in [-0.15, -0.1) is 0 Å². The van der Waals surface area contributed by atoms with Gasteiger partial charge in [0.1, 0.15) is 17.5 Å². The minimum atomic E-state index is 0.690. The second kappa shape index (κ2) is 7.61. The number of nitrogens with zero attached hydrogens (tertiary/aromatic N) is 2. The molecule has 2 rings (SSSR count). The van der Waals surface area contributed by atoms with Crippen LogP contribution in [0.5, 0.6) is 0 Å². The van der Waals surface area contributed by atoms with Gasteiger partial charge in [-0.2, -0.15) is 0 Å². The molecule has 1 heterocycles. The Balaban J connectivity index is 2.29. The minimum Gasteiger partial charge on any atom is -0.370 e. The first kappa shape index (κ1) is 16.0. The molecule has 1 aromatic carbocycles. The van der Waals surface area contributed by atoms with E-state index < -0.39 is 0 Å². The lowest BCUT2D eigenvalue weighted by Crippen LogP contribution is -2.06. The quantitative estimate of drug-likeness (QED) is 0.750. The molecule has 2 N–H and O–H groups in total. The van der Waals surface area contributed by atoms with Gasteiger partial charge in [-0.1, -0.05) is 18.5 Å². The highest BCUT2D eigenvalue weighted by molar-refractivity contribution is 9.10. The third kappa shape index (κ3) is 4.58. The van der Waals surface area contributed by atoms with Crippen LogP contribution in [0.3, 0.4) is 0 Å². The van der Waals surface area contributed by atoms with Crippen molar-refractivity contribution in [1.29, 1.82) is 0 Å². The van der Waals surface area contributed by atoms with E-state index >= 15 is 0 Å². The Morgan fingerprint density at radius 3 is 2.57 bits per heavy atom. The first-order chi connectivity index (χ1) is 10.1. The summed E-state index contributed by atoms with van der Waals surface area (Å²) >= 11 is 9.46. The van der Waals surface area contributed by atoms with Crippen molar-refractivity contribution in [2.24, 2.45) is 0 Å². The van der Waals surface area contributed by atoms with Crippen LogP contribution in [-0.2, 0) is 6.42 Å². The van der Waals surface area contributed by atoms with Crippen molar-refractivity contribution >= 4 is 44.9 Å². The third-order valence-electron chi connectivity index (χ3n) is 2.80. The maximum absolute atomic E-state index is 5.96. The molecule has 0 saturated heterocycles. The zero-order chi connectivity index (χ0) is 15.2. The smallest absolute Gasteiger partial charge is 0.136 e. The molecule has 0 unspecified atom stereocenters. The van der Waals surface area contributed by atoms with Crippen molar-refractivity contribution in [3.05, 3.63) is 39.6 Å². The third-order valence-corrected chi connectivity index (χ3v) is 3.69. The number of aromatic nitrogens is 2. The molecule has 21 heavy (non-hydrogen) atoms. The Hall–Kier alpha value is -1.33. The van der Waals surface area contributed by atoms with Crippen molar-refractivity contribution in [3.8, 4) is 0 Å². The summed E-state index contributed by atoms with van der Waals surface area (Å²) in [5, 5.41) is 7.22. The van der Waals surface area contributed by atoms with E-state index in [2.05, 4.69) is 43.5 Å². The number of benzene rings is 1. The fourth-order valence-corrected chi connectivity index (χ4v) is 2.68. The Kier molecular flexibility index (Phi) is 5.82. The number of hydrogen-bond acceptors (Lipinski definition) is 4. The lowest BCUT2D eigenvalue weighted by atomic mass is 10.3. The van der Waals surface area contributed by atoms with Gasteiger partial charge in [0.2, 0.25) is 0 Å². The predicted molar refractivity (Wildman–Crippen MR) is 92.6 cm³/mol. The second-order valence-electron chi connectivity index (χ2n) is 4.58. The van der Waals surface area contributed by atoms with Gasteiger partial charge < -0.3 is 10.6 Å². The van der Waals surface area contributed by atoms with Crippen LogP contribution >= 0.6 is 27.5 Å². The van der Waals surface area contributed by atoms with Crippen LogP contribution in [0.25, 0.3) is 0 Å². The molecule has 0 aliphatic heterocycles. The largest absolute Gasteiger partial charge is 0.370 e. The van der Waals surface area contributed by atoms with Gasteiger partial charge in [-0.3, -0.25) is 0 Å². The molecule has 1 aromatic heterocycles. The summed E-state index contributed by atoms with van der Waals surface area (Å²) in [5.74, 6) is 2.44. The maximum atomic E-state index is 5.96. The summed E-state index contributed by atoms with van der Waals surface area (Å²) in [4.78, 5) is 9.04. The standard InChI is InChI=1S/C15H18BrClN4/c1-3-5-13-20-14(18-4-2)9-15(21-13)19-12-7-6-10(17)8-11(12)16/h6-9H,3-5H2,1-2H3,(H2,18,19,20,21). The molecule has 0 radical (unpaired) electrons. The van der Waals surface area contributed by atoms with E-state index in [0.717, 1.165) is 47.0 Å². The molecule has 0 aliphatic rings. The van der Waals surface area contributed by atoms with Gasteiger partial charge in [0.05, 0.1) is 5.69 Å². The highest BCUT2D eigenvalue weighted by Gasteiger charge is 2.06. The van der Waals surface area contributed by atoms with Crippen molar-refractivity contribution in [2.45, 2.75) is 26.7 Å². The van der Waals surface area contributed by atoms with Crippen LogP contribution in [0.2, 0.25) is 5.02 Å². The Labute approximate surface area is 138 Å². The van der Waals surface area contributed by atoms with Crippen LogP contribution in [0, 0.1) is 0 Å². The molecule has 0 fully saturated rings. The molecule has 0 saturated carbocycles. The van der Waals surface area contributed by atoms with Crippen molar-refractivity contribution in [2.75, 3.05) is 17.2 Å². The first-order valence-electron chi connectivity index (χ1n) is 6.96. The average Bonchev–Trinajstić information content (AvgIpc) is 2.42. The van der Waals surface area contributed by atoms with E-state index in [9.17, 15) is 0 Å². The Morgan fingerprint density at radius 1 is 1.14 bits per heavy atom. The summed E-state index contributed by atoms with van der Waals surface area (Å²) in [6.07, 6.45) is 1.87. The predicted octanol–water partition coefficient (Wildman–Crippen LogP) is 5.02. The van der Waals surface area contributed by atoms with Crippen LogP contribution in [0.4, 0.5) is 17.3 Å². The number of aryl methyl sites for hydroxylation is 1. The summed E-state index contributed by atoms with van der Waals surface area (Å²) in [6, 6.07) is 7.52. The van der Waals surface area contributed by atoms with E-state index in [4.69, 9.17) is 11.6 Å². The Morgan fingerprint density at radius 2 is 1.90 bits per heavy atom. The average molecular weight is 370 g/mol. The highest BCUT2D eigenvalue weighted by Crippen LogP contribution is 2.28. The molecule has 0 atom stereocenters. The summed E-state index contributed by atoms with van der Waals surface area (Å²) in [5.41, 5.74) is 0.919. The zero-order valence-corrected chi connectivity index (χ0v) is 14.4. The Bertz CT molecular complexity index is 594. The lowest BCUT2D eigenvalue weighted by Gasteiger charge is -2.11. The van der Waals surface area contributed by atoms with Gasteiger partial charge in [0, 0.05) is 28.5 Å². The summed E-state index contributed by atoms with van der Waals surface area (Å²) in [7, 11) is 0. The topological polar surface area (TPSA) is 49.8 Å². The molecule has 6 heteroatoms. The molecular formula is C15H18BrClN4. The van der Waals surface area contributed by atoms with Gasteiger partial charge >= 0.3 is 0 Å². The first-order valence-corrected chi connectivity index (χ1v) is 8.13. The SMILES string of the molecule is CCCc1nc(NCC)cc(Nc2ccc(Cl)cc2Br)n1. The van der Waals surface area contributed by atoms with E-state index in [1.54, 1.807) is 0 Å². The molecule has 0 aliphatic carbocycles. The lowest BCUT2D eigenvalue weighted by molar-refractivity contribution is 0.836. The minimum absolute atomic E-state index is 0.690. The van der Waals surface area contributed by atoms with E-state index in [1.807, 2.05) is 31.2 Å². The number of rotatable bonds is 6. The fourth-order valence-electron chi connectivity index (χ4n) is 1.90. The monoisotopic (exact) mass is 368 g/mol. The molecule has 2 aromatic rings. The number of hydrogen-bond donors (Lipinski definition) is 2. The van der Waals surface area contributed by atoms with Crippen LogP contribution in [-0.4, -0.2) is 16.5 Å². The van der Waals surface area contributed by atoms with Crippen molar-refractivity contribution < 1.29 is 0 Å². The molecule has 4 nitrogen and oxygen atoms in total. The number of nitrogens with one attached hydrogen (secondary N) is 2. The van der Waals surface area contributed by atoms with E-state index in [1.165, 1.54) is 0 Å². The molecule has 0 spiro atoms. The van der Waals surface area contributed by atoms with Crippen LogP contribution in [0.1, 0.15) is 26.1 Å². The summed E-state index contributed by atoms with van der Waals surface area (Å²) in [6.45, 7) is 4.99. The van der Waals surface area contributed by atoms with E-state index in [0.29, 0.717) is 5.02 Å². The van der Waals surface area contributed by atoms with Gasteiger partial charge in [0.15, 0.2) is 0 Å². The second-order valence-corrected chi connectivity index (χ2v) is 5.87. The number of halogens is 2. The molecule has 112 valence electrons. The maximum Gasteiger partial charge on any atom is 0.136 e. The fraction of sp³-hybridized carbons (Fsp3) is 0.333. The van der Waals surface area contributed by atoms with Crippen LogP contribution in [0.15, 0.2) is 28.7 Å². The molecule has 0 amide bonds. The molecular weight excluding hydrogens is 352 g/mol. The van der Waals surface area contributed by atoms with Crippen LogP contribution < -0.4 is 10.6 Å². The van der Waals surface area contributed by atoms with Gasteiger partial charge in [0.25, 0.3) is 0 Å².